The summed E-state index contributed by atoms with van der Waals surface area (Å²) < 4.78 is 0. The van der Waals surface area contributed by atoms with Crippen LogP contribution in [0.4, 0.5) is 11.4 Å². The third kappa shape index (κ3) is 5.61. The fourth-order valence-electron chi connectivity index (χ4n) is 4.03. The number of nitrogens with one attached hydrogen (secondary N) is 2. The summed E-state index contributed by atoms with van der Waals surface area (Å²) in [6.07, 6.45) is 3.32. The molecule has 0 saturated carbocycles. The Morgan fingerprint density at radius 2 is 1.83 bits per heavy atom. The average Bonchev–Trinajstić information content (AvgIpc) is 2.75. The number of halogens is 1. The van der Waals surface area contributed by atoms with Crippen LogP contribution < -0.4 is 10.6 Å². The van der Waals surface area contributed by atoms with Gasteiger partial charge in [-0.2, -0.15) is 0 Å². The maximum Gasteiger partial charge on any atom is 0.238 e. The number of para-hydroxylation sites is 1. The van der Waals surface area contributed by atoms with Gasteiger partial charge in [0.1, 0.15) is 0 Å². The van der Waals surface area contributed by atoms with Gasteiger partial charge in [0.25, 0.3) is 0 Å². The van der Waals surface area contributed by atoms with E-state index in [2.05, 4.69) is 22.5 Å². The molecule has 1 unspecified atom stereocenters. The van der Waals surface area contributed by atoms with Gasteiger partial charge in [-0.05, 0) is 61.6 Å². The standard InChI is InChI=1S/C24H30ClN3O2/c1-3-17-12-13-21(25)20(4-2)23(17)27-22(29)16-28-14-8-9-18(15-28)24(30)26-19-10-6-5-7-11-19/h5-7,10-13,18H,3-4,8-9,14-16H2,1-2H3,(H,26,30)(H,27,29). The number of benzene rings is 2. The zero-order valence-electron chi connectivity index (χ0n) is 17.7. The van der Waals surface area contributed by atoms with E-state index in [9.17, 15) is 9.59 Å². The van der Waals surface area contributed by atoms with Gasteiger partial charge in [0.15, 0.2) is 0 Å². The van der Waals surface area contributed by atoms with Crippen molar-refractivity contribution in [3.63, 3.8) is 0 Å². The first-order valence-corrected chi connectivity index (χ1v) is 11.1. The molecule has 0 aliphatic carbocycles. The molecule has 0 radical (unpaired) electrons. The summed E-state index contributed by atoms with van der Waals surface area (Å²) in [6, 6.07) is 13.4. The fraction of sp³-hybridized carbons (Fsp3) is 0.417. The molecule has 1 saturated heterocycles. The number of nitrogens with zero attached hydrogens (tertiary/aromatic N) is 1. The van der Waals surface area contributed by atoms with Crippen LogP contribution in [0, 0.1) is 5.92 Å². The Labute approximate surface area is 183 Å². The second kappa shape index (κ2) is 10.6. The molecule has 2 aromatic carbocycles. The van der Waals surface area contributed by atoms with Gasteiger partial charge < -0.3 is 10.6 Å². The lowest BCUT2D eigenvalue weighted by atomic mass is 9.97. The number of likely N-dealkylation sites (tertiary alicyclic amines) is 1. The highest BCUT2D eigenvalue weighted by Crippen LogP contribution is 2.29. The van der Waals surface area contributed by atoms with E-state index in [1.807, 2.05) is 49.4 Å². The molecule has 0 spiro atoms. The molecule has 2 N–H and O–H groups in total. The Kier molecular flexibility index (Phi) is 7.88. The molecule has 6 heteroatoms. The molecular weight excluding hydrogens is 398 g/mol. The van der Waals surface area contributed by atoms with Gasteiger partial charge in [-0.15, -0.1) is 0 Å². The molecule has 1 atom stereocenters. The molecule has 3 rings (SSSR count). The minimum absolute atomic E-state index is 0.0164. The van der Waals surface area contributed by atoms with Gasteiger partial charge in [-0.25, -0.2) is 0 Å². The van der Waals surface area contributed by atoms with Gasteiger partial charge in [0, 0.05) is 22.9 Å². The molecule has 5 nitrogen and oxygen atoms in total. The van der Waals surface area contributed by atoms with E-state index < -0.39 is 0 Å². The van der Waals surface area contributed by atoms with E-state index in [0.717, 1.165) is 54.7 Å². The van der Waals surface area contributed by atoms with E-state index in [1.165, 1.54) is 0 Å². The van der Waals surface area contributed by atoms with Crippen molar-refractivity contribution >= 4 is 34.8 Å². The lowest BCUT2D eigenvalue weighted by molar-refractivity contribution is -0.123. The van der Waals surface area contributed by atoms with Crippen LogP contribution >= 0.6 is 11.6 Å². The van der Waals surface area contributed by atoms with Crippen molar-refractivity contribution in [3.8, 4) is 0 Å². The quantitative estimate of drug-likeness (QED) is 0.670. The maximum absolute atomic E-state index is 12.8. The fourth-order valence-corrected chi connectivity index (χ4v) is 4.32. The highest BCUT2D eigenvalue weighted by molar-refractivity contribution is 6.32. The van der Waals surface area contributed by atoms with Crippen LogP contribution in [0.3, 0.4) is 0 Å². The van der Waals surface area contributed by atoms with Gasteiger partial charge in [-0.1, -0.05) is 49.7 Å². The number of piperidine rings is 1. The normalized spacial score (nSPS) is 16.8. The van der Waals surface area contributed by atoms with Gasteiger partial charge in [-0.3, -0.25) is 14.5 Å². The molecule has 1 aliphatic rings. The zero-order chi connectivity index (χ0) is 21.5. The average molecular weight is 428 g/mol. The van der Waals surface area contributed by atoms with E-state index in [0.29, 0.717) is 11.6 Å². The number of hydrogen-bond donors (Lipinski definition) is 2. The van der Waals surface area contributed by atoms with Crippen LogP contribution in [0.25, 0.3) is 0 Å². The molecule has 30 heavy (non-hydrogen) atoms. The number of carbonyl (C=O) groups excluding carboxylic acids is 2. The number of aryl methyl sites for hydroxylation is 1. The highest BCUT2D eigenvalue weighted by Gasteiger charge is 2.27. The van der Waals surface area contributed by atoms with Crippen molar-refractivity contribution in [3.05, 3.63) is 58.6 Å². The van der Waals surface area contributed by atoms with Crippen LogP contribution in [0.5, 0.6) is 0 Å². The molecule has 1 aliphatic heterocycles. The summed E-state index contributed by atoms with van der Waals surface area (Å²) in [5.41, 5.74) is 3.71. The topological polar surface area (TPSA) is 61.4 Å². The van der Waals surface area contributed by atoms with Crippen molar-refractivity contribution in [1.82, 2.24) is 4.90 Å². The summed E-state index contributed by atoms with van der Waals surface area (Å²) in [7, 11) is 0. The highest BCUT2D eigenvalue weighted by atomic mass is 35.5. The molecular formula is C24H30ClN3O2. The molecule has 1 fully saturated rings. The Morgan fingerprint density at radius 3 is 2.53 bits per heavy atom. The van der Waals surface area contributed by atoms with Gasteiger partial charge in [0.05, 0.1) is 12.5 Å². The van der Waals surface area contributed by atoms with Crippen molar-refractivity contribution in [2.75, 3.05) is 30.3 Å². The molecule has 0 aromatic heterocycles. The molecule has 2 aromatic rings. The number of amides is 2. The van der Waals surface area contributed by atoms with Crippen molar-refractivity contribution in [1.29, 1.82) is 0 Å². The first kappa shape index (κ1) is 22.3. The van der Waals surface area contributed by atoms with Crippen LogP contribution in [-0.4, -0.2) is 36.3 Å². The smallest absolute Gasteiger partial charge is 0.238 e. The first-order valence-electron chi connectivity index (χ1n) is 10.7. The molecule has 0 bridgehead atoms. The minimum Gasteiger partial charge on any atom is -0.326 e. The molecule has 160 valence electrons. The molecule has 2 amide bonds. The van der Waals surface area contributed by atoms with Gasteiger partial charge in [0.2, 0.25) is 11.8 Å². The Morgan fingerprint density at radius 1 is 1.07 bits per heavy atom. The number of carbonyl (C=O) groups is 2. The van der Waals surface area contributed by atoms with Crippen molar-refractivity contribution in [2.45, 2.75) is 39.5 Å². The second-order valence-electron chi connectivity index (χ2n) is 7.74. The summed E-state index contributed by atoms with van der Waals surface area (Å²) in [5.74, 6) is -0.163. The van der Waals surface area contributed by atoms with Gasteiger partial charge >= 0.3 is 0 Å². The molecule has 1 heterocycles. The number of rotatable bonds is 7. The zero-order valence-corrected chi connectivity index (χ0v) is 18.5. The predicted molar refractivity (Wildman–Crippen MR) is 123 cm³/mol. The van der Waals surface area contributed by atoms with E-state index in [-0.39, 0.29) is 24.3 Å². The summed E-state index contributed by atoms with van der Waals surface area (Å²) in [5, 5.41) is 6.75. The Bertz CT molecular complexity index is 886. The SMILES string of the molecule is CCc1ccc(Cl)c(CC)c1NC(=O)CN1CCCC(C(=O)Nc2ccccc2)C1. The summed E-state index contributed by atoms with van der Waals surface area (Å²) in [4.78, 5) is 27.5. The monoisotopic (exact) mass is 427 g/mol. The minimum atomic E-state index is -0.115. The number of hydrogen-bond acceptors (Lipinski definition) is 3. The van der Waals surface area contributed by atoms with E-state index >= 15 is 0 Å². The maximum atomic E-state index is 12.8. The van der Waals surface area contributed by atoms with Crippen molar-refractivity contribution in [2.24, 2.45) is 5.92 Å². The van der Waals surface area contributed by atoms with E-state index in [4.69, 9.17) is 11.6 Å². The number of anilines is 2. The van der Waals surface area contributed by atoms with Crippen LogP contribution in [0.1, 0.15) is 37.8 Å². The third-order valence-corrected chi connectivity index (χ3v) is 5.98. The lowest BCUT2D eigenvalue weighted by Crippen LogP contribution is -2.44. The summed E-state index contributed by atoms with van der Waals surface area (Å²) >= 11 is 6.35. The van der Waals surface area contributed by atoms with Crippen LogP contribution in [0.2, 0.25) is 5.02 Å². The Balaban J connectivity index is 1.61. The first-order chi connectivity index (χ1) is 14.5. The third-order valence-electron chi connectivity index (χ3n) is 5.63. The predicted octanol–water partition coefficient (Wildman–Crippen LogP) is 4.75. The Hall–Kier alpha value is -2.37. The van der Waals surface area contributed by atoms with Crippen LogP contribution in [-0.2, 0) is 22.4 Å². The second-order valence-corrected chi connectivity index (χ2v) is 8.15. The lowest BCUT2D eigenvalue weighted by Gasteiger charge is -2.31. The largest absolute Gasteiger partial charge is 0.326 e. The van der Waals surface area contributed by atoms with Crippen LogP contribution in [0.15, 0.2) is 42.5 Å². The van der Waals surface area contributed by atoms with Crippen molar-refractivity contribution < 1.29 is 9.59 Å². The van der Waals surface area contributed by atoms with E-state index in [1.54, 1.807) is 0 Å². The summed E-state index contributed by atoms with van der Waals surface area (Å²) in [6.45, 7) is 5.78.